The van der Waals surface area contributed by atoms with Crippen LogP contribution in [0.3, 0.4) is 0 Å². The van der Waals surface area contributed by atoms with Gasteiger partial charge in [-0.05, 0) is 43.2 Å². The molecule has 0 bridgehead atoms. The van der Waals surface area contributed by atoms with Gasteiger partial charge in [0.1, 0.15) is 5.82 Å². The molecule has 0 saturated carbocycles. The number of hydrogen-bond donors (Lipinski definition) is 2. The Bertz CT molecular complexity index is 830. The number of halogens is 1. The molecule has 0 aliphatic rings. The van der Waals surface area contributed by atoms with Crippen molar-refractivity contribution in [2.24, 2.45) is 0 Å². The summed E-state index contributed by atoms with van der Waals surface area (Å²) in [7, 11) is 0. The van der Waals surface area contributed by atoms with Crippen LogP contribution in [0.15, 0.2) is 40.9 Å². The number of hydrogen-bond acceptors (Lipinski definition) is 4. The van der Waals surface area contributed by atoms with Crippen LogP contribution in [0, 0.1) is 0 Å². The van der Waals surface area contributed by atoms with E-state index in [0.29, 0.717) is 26.3 Å². The summed E-state index contributed by atoms with van der Waals surface area (Å²) in [4.78, 5) is 7.92. The number of rotatable bonds is 9. The summed E-state index contributed by atoms with van der Waals surface area (Å²) in [6.07, 6.45) is 0.962. The number of aromatic nitrogens is 2. The number of fused-ring (bicyclic) bond motifs is 1. The lowest BCUT2D eigenvalue weighted by Gasteiger charge is -2.15. The molecule has 0 amide bonds. The van der Waals surface area contributed by atoms with Crippen LogP contribution in [0.2, 0.25) is 0 Å². The van der Waals surface area contributed by atoms with E-state index in [1.165, 1.54) is 0 Å². The highest BCUT2D eigenvalue weighted by atomic mass is 79.9. The Balaban J connectivity index is 1.67. The first kappa shape index (κ1) is 18.7. The average molecular weight is 418 g/mol. The van der Waals surface area contributed by atoms with Crippen molar-refractivity contribution in [2.75, 3.05) is 13.2 Å². The van der Waals surface area contributed by atoms with Gasteiger partial charge in [-0.1, -0.05) is 35.0 Å². The molecule has 0 saturated heterocycles. The number of H-pyrrole nitrogens is 1. The van der Waals surface area contributed by atoms with Gasteiger partial charge in [0.15, 0.2) is 11.5 Å². The molecule has 2 aromatic carbocycles. The number of nitrogens with zero attached hydrogens (tertiary/aromatic N) is 1. The second-order valence-corrected chi connectivity index (χ2v) is 6.83. The fourth-order valence-corrected chi connectivity index (χ4v) is 3.17. The lowest BCUT2D eigenvalue weighted by Crippen LogP contribution is -2.14. The van der Waals surface area contributed by atoms with Crippen LogP contribution < -0.4 is 14.8 Å². The molecule has 0 aliphatic carbocycles. The Morgan fingerprint density at radius 3 is 2.65 bits per heavy atom. The number of ether oxygens (including phenoxy) is 2. The predicted molar refractivity (Wildman–Crippen MR) is 108 cm³/mol. The first-order valence-electron chi connectivity index (χ1n) is 8.93. The molecule has 0 spiro atoms. The summed E-state index contributed by atoms with van der Waals surface area (Å²) in [6.45, 7) is 6.72. The van der Waals surface area contributed by atoms with Crippen LogP contribution >= 0.6 is 15.9 Å². The van der Waals surface area contributed by atoms with Crippen LogP contribution in [-0.4, -0.2) is 23.2 Å². The monoisotopic (exact) mass is 417 g/mol. The molecule has 5 nitrogen and oxygen atoms in total. The lowest BCUT2D eigenvalue weighted by atomic mass is 10.2. The van der Waals surface area contributed by atoms with Crippen molar-refractivity contribution >= 4 is 27.0 Å². The van der Waals surface area contributed by atoms with Gasteiger partial charge >= 0.3 is 0 Å². The second kappa shape index (κ2) is 9.05. The van der Waals surface area contributed by atoms with Gasteiger partial charge < -0.3 is 19.8 Å². The molecule has 0 atom stereocenters. The van der Waals surface area contributed by atoms with Gasteiger partial charge in [-0.3, -0.25) is 0 Å². The maximum atomic E-state index is 5.79. The molecule has 3 rings (SSSR count). The van der Waals surface area contributed by atoms with Crippen molar-refractivity contribution in [1.29, 1.82) is 0 Å². The first-order chi connectivity index (χ1) is 12.7. The van der Waals surface area contributed by atoms with Crippen LogP contribution in [0.5, 0.6) is 11.5 Å². The molecule has 0 radical (unpaired) electrons. The standard InChI is InChI=1S/C20H24BrN3O2/c1-3-9-26-19-11-15(21)14(10-18(19)25-4-2)12-22-13-20-23-16-7-5-6-8-17(16)24-20/h5-8,10-11,22H,3-4,9,12-13H2,1-2H3,(H,23,24). The maximum Gasteiger partial charge on any atom is 0.162 e. The molecular formula is C20H24BrN3O2. The number of benzene rings is 2. The van der Waals surface area contributed by atoms with Gasteiger partial charge in [0.25, 0.3) is 0 Å². The molecule has 26 heavy (non-hydrogen) atoms. The smallest absolute Gasteiger partial charge is 0.162 e. The predicted octanol–water partition coefficient (Wildman–Crippen LogP) is 4.80. The van der Waals surface area contributed by atoms with Crippen LogP contribution in [-0.2, 0) is 13.1 Å². The van der Waals surface area contributed by atoms with Gasteiger partial charge in [-0.25, -0.2) is 4.98 Å². The molecule has 3 aromatic rings. The molecule has 0 fully saturated rings. The van der Waals surface area contributed by atoms with Crippen LogP contribution in [0.25, 0.3) is 11.0 Å². The second-order valence-electron chi connectivity index (χ2n) is 5.98. The highest BCUT2D eigenvalue weighted by molar-refractivity contribution is 9.10. The minimum absolute atomic E-state index is 0.607. The Morgan fingerprint density at radius 2 is 1.88 bits per heavy atom. The van der Waals surface area contributed by atoms with E-state index in [1.807, 2.05) is 43.3 Å². The quantitative estimate of drug-likeness (QED) is 0.524. The normalized spacial score (nSPS) is 11.0. The fraction of sp³-hybridized carbons (Fsp3) is 0.350. The Labute approximate surface area is 162 Å². The van der Waals surface area contributed by atoms with Gasteiger partial charge in [0.05, 0.1) is 30.8 Å². The van der Waals surface area contributed by atoms with E-state index in [1.54, 1.807) is 0 Å². The maximum absolute atomic E-state index is 5.79. The lowest BCUT2D eigenvalue weighted by molar-refractivity contribution is 0.276. The van der Waals surface area contributed by atoms with E-state index < -0.39 is 0 Å². The minimum atomic E-state index is 0.607. The number of para-hydroxylation sites is 2. The first-order valence-corrected chi connectivity index (χ1v) is 9.73. The van der Waals surface area contributed by atoms with Crippen molar-refractivity contribution < 1.29 is 9.47 Å². The van der Waals surface area contributed by atoms with E-state index in [0.717, 1.165) is 44.8 Å². The Kier molecular flexibility index (Phi) is 6.52. The largest absolute Gasteiger partial charge is 0.490 e. The third-order valence-electron chi connectivity index (χ3n) is 3.92. The highest BCUT2D eigenvalue weighted by Gasteiger charge is 2.11. The van der Waals surface area contributed by atoms with Crippen molar-refractivity contribution in [3.8, 4) is 11.5 Å². The van der Waals surface area contributed by atoms with Crippen molar-refractivity contribution in [3.05, 3.63) is 52.3 Å². The number of aromatic amines is 1. The third kappa shape index (κ3) is 4.56. The summed E-state index contributed by atoms with van der Waals surface area (Å²) in [5.41, 5.74) is 3.16. The average Bonchev–Trinajstić information content (AvgIpc) is 3.05. The molecule has 2 N–H and O–H groups in total. The van der Waals surface area contributed by atoms with Gasteiger partial charge in [0.2, 0.25) is 0 Å². The van der Waals surface area contributed by atoms with Gasteiger partial charge in [-0.15, -0.1) is 0 Å². The molecule has 0 unspecified atom stereocenters. The molecule has 138 valence electrons. The number of imidazole rings is 1. The van der Waals surface area contributed by atoms with Crippen molar-refractivity contribution in [1.82, 2.24) is 15.3 Å². The fourth-order valence-electron chi connectivity index (χ4n) is 2.71. The summed E-state index contributed by atoms with van der Waals surface area (Å²) < 4.78 is 12.5. The SMILES string of the molecule is CCCOc1cc(Br)c(CNCc2nc3ccccc3[nH]2)cc1OCC. The zero-order valence-corrected chi connectivity index (χ0v) is 16.7. The summed E-state index contributed by atoms with van der Waals surface area (Å²) in [5.74, 6) is 2.49. The summed E-state index contributed by atoms with van der Waals surface area (Å²) in [6, 6.07) is 12.1. The molecule has 1 aromatic heterocycles. The highest BCUT2D eigenvalue weighted by Crippen LogP contribution is 2.34. The minimum Gasteiger partial charge on any atom is -0.490 e. The van der Waals surface area contributed by atoms with E-state index in [9.17, 15) is 0 Å². The van der Waals surface area contributed by atoms with E-state index in [2.05, 4.69) is 38.1 Å². The molecule has 1 heterocycles. The van der Waals surface area contributed by atoms with Crippen LogP contribution in [0.1, 0.15) is 31.7 Å². The van der Waals surface area contributed by atoms with Crippen molar-refractivity contribution in [3.63, 3.8) is 0 Å². The topological polar surface area (TPSA) is 59.2 Å². The van der Waals surface area contributed by atoms with Gasteiger partial charge in [-0.2, -0.15) is 0 Å². The number of nitrogens with one attached hydrogen (secondary N) is 2. The molecular weight excluding hydrogens is 394 g/mol. The van der Waals surface area contributed by atoms with Crippen molar-refractivity contribution in [2.45, 2.75) is 33.4 Å². The van der Waals surface area contributed by atoms with E-state index in [-0.39, 0.29) is 0 Å². The van der Waals surface area contributed by atoms with E-state index in [4.69, 9.17) is 9.47 Å². The third-order valence-corrected chi connectivity index (χ3v) is 4.66. The summed E-state index contributed by atoms with van der Waals surface area (Å²) >= 11 is 3.64. The molecule has 0 aliphatic heterocycles. The van der Waals surface area contributed by atoms with Crippen LogP contribution in [0.4, 0.5) is 0 Å². The Morgan fingerprint density at radius 1 is 1.08 bits per heavy atom. The van der Waals surface area contributed by atoms with E-state index >= 15 is 0 Å². The summed E-state index contributed by atoms with van der Waals surface area (Å²) in [5, 5.41) is 3.43. The molecule has 6 heteroatoms. The Hall–Kier alpha value is -2.05. The zero-order chi connectivity index (χ0) is 18.4. The van der Waals surface area contributed by atoms with Gasteiger partial charge in [0, 0.05) is 11.0 Å². The zero-order valence-electron chi connectivity index (χ0n) is 15.1.